The van der Waals surface area contributed by atoms with Crippen molar-refractivity contribution in [1.29, 1.82) is 0 Å². The third-order valence-electron chi connectivity index (χ3n) is 6.31. The molecule has 27 heavy (non-hydrogen) atoms. The maximum absolute atomic E-state index is 10.6. The minimum atomic E-state index is -0.726. The normalized spacial score (nSPS) is 29.2. The quantitative estimate of drug-likeness (QED) is 0.366. The van der Waals surface area contributed by atoms with Crippen LogP contribution in [-0.2, 0) is 9.53 Å². The molecule has 154 valence electrons. The Labute approximate surface area is 164 Å². The van der Waals surface area contributed by atoms with Gasteiger partial charge in [0.2, 0.25) is 0 Å². The van der Waals surface area contributed by atoms with Crippen molar-refractivity contribution in [2.75, 3.05) is 0 Å². The number of carboxylic acids is 1. The van der Waals surface area contributed by atoms with Gasteiger partial charge in [-0.2, -0.15) is 0 Å². The number of unbranched alkanes of at least 4 members (excludes halogenated alkanes) is 2. The minimum absolute atomic E-state index is 0.0927. The Kier molecular flexibility index (Phi) is 8.56. The first-order valence-electron chi connectivity index (χ1n) is 10.7. The fourth-order valence-electron chi connectivity index (χ4n) is 4.40. The summed E-state index contributed by atoms with van der Waals surface area (Å²) in [6.45, 7) is 6.48. The van der Waals surface area contributed by atoms with Crippen LogP contribution in [0.25, 0.3) is 0 Å². The van der Waals surface area contributed by atoms with Crippen molar-refractivity contribution < 1.29 is 19.7 Å². The van der Waals surface area contributed by atoms with E-state index in [9.17, 15) is 9.90 Å². The molecule has 4 nitrogen and oxygen atoms in total. The van der Waals surface area contributed by atoms with E-state index < -0.39 is 12.1 Å². The molecule has 0 amide bonds. The highest BCUT2D eigenvalue weighted by Crippen LogP contribution is 2.46. The molecular weight excluding hydrogens is 340 g/mol. The number of fused-ring (bicyclic) bond motifs is 2. The average Bonchev–Trinajstić information content (AvgIpc) is 3.22. The predicted octanol–water partition coefficient (Wildman–Crippen LogP) is 5.11. The third kappa shape index (κ3) is 6.46. The van der Waals surface area contributed by atoms with Crippen molar-refractivity contribution in [1.82, 2.24) is 0 Å². The first kappa shape index (κ1) is 22.2. The number of carboxylic acid groups (broad SMARTS) is 1. The molecule has 2 aliphatic heterocycles. The van der Waals surface area contributed by atoms with Crippen molar-refractivity contribution in [3.05, 3.63) is 24.3 Å². The summed E-state index contributed by atoms with van der Waals surface area (Å²) >= 11 is 0. The van der Waals surface area contributed by atoms with Gasteiger partial charge in [0.25, 0.3) is 0 Å². The lowest BCUT2D eigenvalue weighted by Gasteiger charge is -2.30. The summed E-state index contributed by atoms with van der Waals surface area (Å²) in [5.74, 6) is 0.126. The van der Waals surface area contributed by atoms with Gasteiger partial charge in [-0.1, -0.05) is 57.9 Å². The van der Waals surface area contributed by atoms with Crippen molar-refractivity contribution in [3.8, 4) is 0 Å². The highest BCUT2D eigenvalue weighted by molar-refractivity contribution is 5.66. The van der Waals surface area contributed by atoms with Gasteiger partial charge in [-0.3, -0.25) is 4.79 Å². The molecule has 0 spiro atoms. The summed E-state index contributed by atoms with van der Waals surface area (Å²) in [4.78, 5) is 10.6. The number of carbonyl (C=O) groups is 1. The van der Waals surface area contributed by atoms with Crippen LogP contribution in [0.3, 0.4) is 0 Å². The standard InChI is InChI=1S/C23H38O4/c1-4-5-16-23(2,3)21(24)15-12-18-17(19-13-14-20(18)27-19)10-8-6-7-9-11-22(25)26/h6,8,12,15,17-21,24H,4-5,7,9-11,13-14,16H2,1-3H3,(H,25,26)/b8-6-,15-12+/t17?,18?,19?,20?,21-/m1/s1. The van der Waals surface area contributed by atoms with Crippen LogP contribution in [0.5, 0.6) is 0 Å². The monoisotopic (exact) mass is 378 g/mol. The lowest BCUT2D eigenvalue weighted by molar-refractivity contribution is -0.137. The second kappa shape index (κ2) is 10.4. The molecule has 2 fully saturated rings. The molecule has 4 heteroatoms. The number of ether oxygens (including phenoxy) is 1. The Hall–Kier alpha value is -1.13. The van der Waals surface area contributed by atoms with Gasteiger partial charge >= 0.3 is 5.97 Å². The molecule has 2 heterocycles. The van der Waals surface area contributed by atoms with Crippen LogP contribution in [0.4, 0.5) is 0 Å². The first-order chi connectivity index (χ1) is 12.8. The Morgan fingerprint density at radius 3 is 2.67 bits per heavy atom. The van der Waals surface area contributed by atoms with Gasteiger partial charge in [-0.15, -0.1) is 0 Å². The maximum atomic E-state index is 10.6. The molecule has 2 bridgehead atoms. The summed E-state index contributed by atoms with van der Waals surface area (Å²) in [7, 11) is 0. The van der Waals surface area contributed by atoms with Crippen molar-refractivity contribution in [3.63, 3.8) is 0 Å². The van der Waals surface area contributed by atoms with Gasteiger partial charge in [0.1, 0.15) is 0 Å². The number of hydrogen-bond acceptors (Lipinski definition) is 3. The van der Waals surface area contributed by atoms with E-state index in [1.54, 1.807) is 0 Å². The second-order valence-electron chi connectivity index (χ2n) is 8.95. The molecule has 2 aliphatic rings. The summed E-state index contributed by atoms with van der Waals surface area (Å²) in [5, 5.41) is 19.3. The van der Waals surface area contributed by atoms with Crippen LogP contribution >= 0.6 is 0 Å². The van der Waals surface area contributed by atoms with Crippen LogP contribution in [0.1, 0.15) is 78.6 Å². The summed E-state index contributed by atoms with van der Waals surface area (Å²) in [5.41, 5.74) is -0.0927. The van der Waals surface area contributed by atoms with E-state index in [4.69, 9.17) is 9.84 Å². The molecule has 0 aromatic rings. The van der Waals surface area contributed by atoms with Crippen molar-refractivity contribution in [2.24, 2.45) is 17.3 Å². The summed E-state index contributed by atoms with van der Waals surface area (Å²) in [6, 6.07) is 0. The zero-order valence-corrected chi connectivity index (χ0v) is 17.3. The summed E-state index contributed by atoms with van der Waals surface area (Å²) in [6.07, 6.45) is 17.0. The largest absolute Gasteiger partial charge is 0.481 e. The number of rotatable bonds is 12. The summed E-state index contributed by atoms with van der Waals surface area (Å²) < 4.78 is 6.15. The smallest absolute Gasteiger partial charge is 0.303 e. The molecule has 0 aliphatic carbocycles. The van der Waals surface area contributed by atoms with Crippen LogP contribution in [-0.4, -0.2) is 34.5 Å². The van der Waals surface area contributed by atoms with E-state index in [0.29, 0.717) is 30.5 Å². The molecule has 2 rings (SSSR count). The van der Waals surface area contributed by atoms with Gasteiger partial charge in [0.05, 0.1) is 18.3 Å². The van der Waals surface area contributed by atoms with E-state index in [0.717, 1.165) is 44.9 Å². The Morgan fingerprint density at radius 1 is 1.22 bits per heavy atom. The zero-order valence-electron chi connectivity index (χ0n) is 17.3. The number of aliphatic hydroxyl groups excluding tert-OH is 1. The number of aliphatic hydroxyl groups is 1. The molecular formula is C23H38O4. The molecule has 0 radical (unpaired) electrons. The number of allylic oxidation sites excluding steroid dienone is 2. The third-order valence-corrected chi connectivity index (χ3v) is 6.31. The molecule has 4 unspecified atom stereocenters. The Bertz CT molecular complexity index is 522. The van der Waals surface area contributed by atoms with Gasteiger partial charge in [-0.25, -0.2) is 0 Å². The lowest BCUT2D eigenvalue weighted by atomic mass is 9.76. The number of aliphatic carboxylic acids is 1. The highest BCUT2D eigenvalue weighted by atomic mass is 16.5. The second-order valence-corrected chi connectivity index (χ2v) is 8.95. The molecule has 0 saturated carbocycles. The van der Waals surface area contributed by atoms with Crippen molar-refractivity contribution >= 4 is 5.97 Å². The van der Waals surface area contributed by atoms with Gasteiger partial charge in [0, 0.05) is 12.3 Å². The van der Waals surface area contributed by atoms with Crippen molar-refractivity contribution in [2.45, 2.75) is 96.9 Å². The molecule has 5 atom stereocenters. The lowest BCUT2D eigenvalue weighted by Crippen LogP contribution is -2.29. The Balaban J connectivity index is 1.88. The predicted molar refractivity (Wildman–Crippen MR) is 109 cm³/mol. The van der Waals surface area contributed by atoms with E-state index in [1.807, 2.05) is 6.08 Å². The van der Waals surface area contributed by atoms with Crippen LogP contribution in [0.15, 0.2) is 24.3 Å². The van der Waals surface area contributed by atoms with Gasteiger partial charge in [0.15, 0.2) is 0 Å². The molecule has 2 saturated heterocycles. The minimum Gasteiger partial charge on any atom is -0.481 e. The fraction of sp³-hybridized carbons (Fsp3) is 0.783. The first-order valence-corrected chi connectivity index (χ1v) is 10.7. The fourth-order valence-corrected chi connectivity index (χ4v) is 4.40. The topological polar surface area (TPSA) is 66.8 Å². The number of hydrogen-bond donors (Lipinski definition) is 2. The van der Waals surface area contributed by atoms with Crippen LogP contribution < -0.4 is 0 Å². The molecule has 2 N–H and O–H groups in total. The average molecular weight is 379 g/mol. The van der Waals surface area contributed by atoms with E-state index in [1.165, 1.54) is 0 Å². The molecule has 0 aromatic heterocycles. The maximum Gasteiger partial charge on any atom is 0.303 e. The van der Waals surface area contributed by atoms with E-state index in [2.05, 4.69) is 39.0 Å². The SMILES string of the molecule is CCCCC(C)(C)[C@H](O)/C=C/C1C2CCC(O2)C1C/C=C\CCCC(=O)O. The van der Waals surface area contributed by atoms with E-state index in [-0.39, 0.29) is 11.8 Å². The molecule has 0 aromatic carbocycles. The van der Waals surface area contributed by atoms with Crippen LogP contribution in [0, 0.1) is 17.3 Å². The highest BCUT2D eigenvalue weighted by Gasteiger charge is 2.47. The Morgan fingerprint density at radius 2 is 1.96 bits per heavy atom. The van der Waals surface area contributed by atoms with Gasteiger partial charge < -0.3 is 14.9 Å². The van der Waals surface area contributed by atoms with Crippen LogP contribution in [0.2, 0.25) is 0 Å². The van der Waals surface area contributed by atoms with Gasteiger partial charge in [-0.05, 0) is 49.9 Å². The zero-order chi connectivity index (χ0) is 19.9. The van der Waals surface area contributed by atoms with E-state index >= 15 is 0 Å².